The molecule has 1 heterocycles. The van der Waals surface area contributed by atoms with Crippen LogP contribution in [0.25, 0.3) is 11.0 Å². The third kappa shape index (κ3) is 1.63. The Morgan fingerprint density at radius 2 is 2.33 bits per heavy atom. The molecule has 1 aliphatic rings. The molecule has 1 aliphatic heterocycles. The average Bonchev–Trinajstić information content (AvgIpc) is 2.56. The van der Waals surface area contributed by atoms with E-state index in [4.69, 9.17) is 0 Å². The molecule has 0 saturated heterocycles. The van der Waals surface area contributed by atoms with Crippen molar-refractivity contribution in [3.05, 3.63) is 42.0 Å². The van der Waals surface area contributed by atoms with Crippen LogP contribution >= 0.6 is 0 Å². The lowest BCUT2D eigenvalue weighted by molar-refractivity contribution is 0.692. The number of fused-ring (bicyclic) bond motifs is 1. The molecule has 1 unspecified atom stereocenters. The minimum Gasteiger partial charge on any atom is -0.300 e. The molecule has 1 aromatic carbocycles. The van der Waals surface area contributed by atoms with E-state index in [9.17, 15) is 4.21 Å². The average molecular weight is 219 g/mol. The first-order valence-corrected chi connectivity index (χ1v) is 6.07. The molecule has 0 fully saturated rings. The second kappa shape index (κ2) is 4.03. The molecule has 2 nitrogen and oxygen atoms in total. The van der Waals surface area contributed by atoms with Gasteiger partial charge in [0.2, 0.25) is 0 Å². The fourth-order valence-corrected chi connectivity index (χ4v) is 2.92. The number of nitrogens with one attached hydrogen (secondary N) is 1. The van der Waals surface area contributed by atoms with Gasteiger partial charge in [0.1, 0.15) is 0 Å². The maximum atomic E-state index is 11.8. The molecule has 2 rings (SSSR count). The van der Waals surface area contributed by atoms with Crippen molar-refractivity contribution < 1.29 is 4.21 Å². The van der Waals surface area contributed by atoms with Gasteiger partial charge in [-0.3, -0.25) is 0 Å². The topological polar surface area (TPSA) is 29.1 Å². The van der Waals surface area contributed by atoms with Gasteiger partial charge < -0.3 is 4.72 Å². The second-order valence-corrected chi connectivity index (χ2v) is 4.50. The number of allylic oxidation sites excluding steroid dienone is 1. The Kier molecular flexibility index (Phi) is 2.73. The maximum Gasteiger partial charge on any atom is 0.150 e. The van der Waals surface area contributed by atoms with Crippen LogP contribution in [0.2, 0.25) is 0 Å². The highest BCUT2D eigenvalue weighted by molar-refractivity contribution is 7.96. The SMILES string of the molecule is C=Cc1cccc2c1/C(=C\CC)S(=O)N2. The highest BCUT2D eigenvalue weighted by atomic mass is 32.2. The normalized spacial score (nSPS) is 21.1. The summed E-state index contributed by atoms with van der Waals surface area (Å²) in [5.74, 6) is 0. The standard InChI is InChI=1S/C12H13NOS/c1-3-6-11-12-9(4-2)7-5-8-10(12)13-15(11)14/h4-8,13H,2-3H2,1H3/b11-6+. The zero-order chi connectivity index (χ0) is 10.8. The predicted octanol–water partition coefficient (Wildman–Crippen LogP) is 3.17. The van der Waals surface area contributed by atoms with Crippen LogP contribution < -0.4 is 4.72 Å². The van der Waals surface area contributed by atoms with Crippen LogP contribution in [0.1, 0.15) is 24.5 Å². The summed E-state index contributed by atoms with van der Waals surface area (Å²) in [6.45, 7) is 5.81. The Bertz CT molecular complexity index is 463. The summed E-state index contributed by atoms with van der Waals surface area (Å²) in [5.41, 5.74) is 3.00. The largest absolute Gasteiger partial charge is 0.300 e. The lowest BCUT2D eigenvalue weighted by Crippen LogP contribution is -1.94. The van der Waals surface area contributed by atoms with E-state index in [1.165, 1.54) is 0 Å². The number of benzene rings is 1. The Morgan fingerprint density at radius 3 is 3.00 bits per heavy atom. The smallest absolute Gasteiger partial charge is 0.150 e. The van der Waals surface area contributed by atoms with Gasteiger partial charge in [0.15, 0.2) is 11.0 Å². The molecule has 0 radical (unpaired) electrons. The summed E-state index contributed by atoms with van der Waals surface area (Å²) in [4.78, 5) is 0.878. The molecule has 78 valence electrons. The molecule has 0 aromatic heterocycles. The van der Waals surface area contributed by atoms with Crippen LogP contribution in [0.3, 0.4) is 0 Å². The second-order valence-electron chi connectivity index (χ2n) is 3.32. The lowest BCUT2D eigenvalue weighted by atomic mass is 10.0. The summed E-state index contributed by atoms with van der Waals surface area (Å²) >= 11 is 0. The monoisotopic (exact) mass is 219 g/mol. The van der Waals surface area contributed by atoms with E-state index in [0.29, 0.717) is 0 Å². The molecular weight excluding hydrogens is 206 g/mol. The van der Waals surface area contributed by atoms with Crippen molar-refractivity contribution in [2.24, 2.45) is 0 Å². The molecule has 3 heteroatoms. The summed E-state index contributed by atoms with van der Waals surface area (Å²) in [6.07, 6.45) is 4.68. The van der Waals surface area contributed by atoms with E-state index in [0.717, 1.165) is 28.1 Å². The molecule has 0 aliphatic carbocycles. The minimum atomic E-state index is -1.11. The number of hydrogen-bond donors (Lipinski definition) is 1. The molecule has 15 heavy (non-hydrogen) atoms. The molecule has 1 atom stereocenters. The lowest BCUT2D eigenvalue weighted by Gasteiger charge is -2.02. The number of anilines is 1. The Morgan fingerprint density at radius 1 is 1.53 bits per heavy atom. The van der Waals surface area contributed by atoms with Crippen molar-refractivity contribution in [1.29, 1.82) is 0 Å². The fraction of sp³-hybridized carbons (Fsp3) is 0.167. The number of rotatable bonds is 2. The van der Waals surface area contributed by atoms with Crippen LogP contribution in [0.15, 0.2) is 30.9 Å². The summed E-state index contributed by atoms with van der Waals surface area (Å²) in [5, 5.41) is 0. The first-order valence-electron chi connectivity index (χ1n) is 4.92. The van der Waals surface area contributed by atoms with Crippen LogP contribution in [0.4, 0.5) is 5.69 Å². The molecule has 1 aromatic rings. The van der Waals surface area contributed by atoms with E-state index < -0.39 is 11.0 Å². The highest BCUT2D eigenvalue weighted by Gasteiger charge is 2.24. The van der Waals surface area contributed by atoms with Gasteiger partial charge in [-0.2, -0.15) is 0 Å². The quantitative estimate of drug-likeness (QED) is 0.813. The molecule has 0 saturated carbocycles. The Hall–Kier alpha value is -1.35. The van der Waals surface area contributed by atoms with Crippen molar-refractivity contribution in [3.63, 3.8) is 0 Å². The molecule has 0 spiro atoms. The van der Waals surface area contributed by atoms with Gasteiger partial charge in [-0.25, -0.2) is 4.21 Å². The van der Waals surface area contributed by atoms with Gasteiger partial charge in [0, 0.05) is 5.56 Å². The number of hydrogen-bond acceptors (Lipinski definition) is 1. The molecule has 0 bridgehead atoms. The highest BCUT2D eigenvalue weighted by Crippen LogP contribution is 2.37. The van der Waals surface area contributed by atoms with Crippen LogP contribution in [-0.4, -0.2) is 4.21 Å². The van der Waals surface area contributed by atoms with E-state index in [2.05, 4.69) is 11.3 Å². The van der Waals surface area contributed by atoms with Gasteiger partial charge >= 0.3 is 0 Å². The van der Waals surface area contributed by atoms with Crippen LogP contribution in [0.5, 0.6) is 0 Å². The van der Waals surface area contributed by atoms with Gasteiger partial charge in [0.05, 0.1) is 10.6 Å². The maximum absolute atomic E-state index is 11.8. The zero-order valence-corrected chi connectivity index (χ0v) is 9.43. The Balaban J connectivity index is 2.65. The van der Waals surface area contributed by atoms with Crippen LogP contribution in [0, 0.1) is 0 Å². The van der Waals surface area contributed by atoms with E-state index in [1.807, 2.05) is 31.2 Å². The molecule has 1 N–H and O–H groups in total. The van der Waals surface area contributed by atoms with Crippen molar-refractivity contribution in [2.75, 3.05) is 4.72 Å². The first kappa shape index (κ1) is 10.2. The third-order valence-corrected chi connectivity index (χ3v) is 3.53. The van der Waals surface area contributed by atoms with E-state index in [-0.39, 0.29) is 0 Å². The Labute approximate surface area is 92.3 Å². The summed E-state index contributed by atoms with van der Waals surface area (Å²) in [7, 11) is -1.11. The van der Waals surface area contributed by atoms with Gasteiger partial charge in [-0.15, -0.1) is 0 Å². The first-order chi connectivity index (χ1) is 7.27. The third-order valence-electron chi connectivity index (χ3n) is 2.35. The van der Waals surface area contributed by atoms with Gasteiger partial charge in [-0.05, 0) is 18.1 Å². The fourth-order valence-electron chi connectivity index (χ4n) is 1.71. The van der Waals surface area contributed by atoms with Gasteiger partial charge in [0.25, 0.3) is 0 Å². The van der Waals surface area contributed by atoms with Crippen molar-refractivity contribution in [3.8, 4) is 0 Å². The molecule has 0 amide bonds. The van der Waals surface area contributed by atoms with Crippen molar-refractivity contribution in [2.45, 2.75) is 13.3 Å². The summed E-state index contributed by atoms with van der Waals surface area (Å²) < 4.78 is 14.7. The summed E-state index contributed by atoms with van der Waals surface area (Å²) in [6, 6.07) is 5.87. The van der Waals surface area contributed by atoms with Crippen LogP contribution in [-0.2, 0) is 11.0 Å². The predicted molar refractivity (Wildman–Crippen MR) is 66.6 cm³/mol. The zero-order valence-electron chi connectivity index (χ0n) is 8.62. The van der Waals surface area contributed by atoms with Crippen molar-refractivity contribution >= 4 is 27.7 Å². The van der Waals surface area contributed by atoms with Gasteiger partial charge in [-0.1, -0.05) is 37.8 Å². The van der Waals surface area contributed by atoms with E-state index in [1.54, 1.807) is 6.08 Å². The minimum absolute atomic E-state index is 0.878. The van der Waals surface area contributed by atoms with E-state index >= 15 is 0 Å². The molecular formula is C12H13NOS. The van der Waals surface area contributed by atoms with Crippen molar-refractivity contribution in [1.82, 2.24) is 0 Å².